The van der Waals surface area contributed by atoms with Crippen molar-refractivity contribution >= 4 is 17.5 Å². The Morgan fingerprint density at radius 2 is 2.05 bits per heavy atom. The van der Waals surface area contributed by atoms with E-state index in [9.17, 15) is 0 Å². The Balaban J connectivity index is 1.95. The van der Waals surface area contributed by atoms with Crippen molar-refractivity contribution in [3.05, 3.63) is 24.0 Å². The molecule has 8 heteroatoms. The first-order chi connectivity index (χ1) is 9.93. The molecule has 1 aliphatic heterocycles. The third-order valence-corrected chi connectivity index (χ3v) is 3.34. The summed E-state index contributed by atoms with van der Waals surface area (Å²) in [7, 11) is 0. The number of nitrogens with zero attached hydrogens (tertiary/aromatic N) is 6. The molecule has 0 aromatic carbocycles. The van der Waals surface area contributed by atoms with Gasteiger partial charge in [-0.25, -0.2) is 4.98 Å². The number of aromatic nitrogens is 5. The van der Waals surface area contributed by atoms with Gasteiger partial charge in [-0.3, -0.25) is 4.57 Å². The van der Waals surface area contributed by atoms with Crippen molar-refractivity contribution in [2.45, 2.75) is 32.5 Å². The zero-order valence-corrected chi connectivity index (χ0v) is 12.9. The molecule has 2 aromatic heterocycles. The summed E-state index contributed by atoms with van der Waals surface area (Å²) < 4.78 is 7.60. The summed E-state index contributed by atoms with van der Waals surface area (Å²) in [6, 6.07) is 0. The van der Waals surface area contributed by atoms with E-state index >= 15 is 0 Å². The Morgan fingerprint density at radius 3 is 2.71 bits per heavy atom. The monoisotopic (exact) mass is 308 g/mol. The highest BCUT2D eigenvalue weighted by Crippen LogP contribution is 2.24. The van der Waals surface area contributed by atoms with E-state index in [1.165, 1.54) is 0 Å². The van der Waals surface area contributed by atoms with Crippen LogP contribution in [0.3, 0.4) is 0 Å². The number of ether oxygens (including phenoxy) is 1. The molecule has 1 atom stereocenters. The SMILES string of the molecule is CC1CN(c2nc(Cl)nc(-n3ccnc3)n2)CC(C)(C)O1. The van der Waals surface area contributed by atoms with Crippen molar-refractivity contribution in [2.24, 2.45) is 0 Å². The second kappa shape index (κ2) is 5.23. The summed E-state index contributed by atoms with van der Waals surface area (Å²) in [6.07, 6.45) is 5.15. The van der Waals surface area contributed by atoms with E-state index in [1.54, 1.807) is 23.3 Å². The first kappa shape index (κ1) is 14.2. The van der Waals surface area contributed by atoms with Crippen LogP contribution in [0.1, 0.15) is 20.8 Å². The third-order valence-electron chi connectivity index (χ3n) is 3.17. The number of halogens is 1. The van der Waals surface area contributed by atoms with Crippen LogP contribution in [0.4, 0.5) is 5.95 Å². The fraction of sp³-hybridized carbons (Fsp3) is 0.538. The lowest BCUT2D eigenvalue weighted by molar-refractivity contribution is -0.0753. The molecule has 7 nitrogen and oxygen atoms in total. The highest BCUT2D eigenvalue weighted by molar-refractivity contribution is 6.28. The predicted octanol–water partition coefficient (Wildman–Crippen LogP) is 1.71. The molecule has 0 aliphatic carbocycles. The summed E-state index contributed by atoms with van der Waals surface area (Å²) >= 11 is 6.04. The largest absolute Gasteiger partial charge is 0.369 e. The highest BCUT2D eigenvalue weighted by Gasteiger charge is 2.33. The smallest absolute Gasteiger partial charge is 0.241 e. The van der Waals surface area contributed by atoms with E-state index in [4.69, 9.17) is 16.3 Å². The molecule has 112 valence electrons. The molecule has 3 rings (SSSR count). The van der Waals surface area contributed by atoms with Gasteiger partial charge in [-0.05, 0) is 32.4 Å². The van der Waals surface area contributed by atoms with Crippen molar-refractivity contribution in [3.8, 4) is 5.95 Å². The highest BCUT2D eigenvalue weighted by atomic mass is 35.5. The summed E-state index contributed by atoms with van der Waals surface area (Å²) in [5, 5.41) is 0.167. The minimum atomic E-state index is -0.258. The fourth-order valence-corrected chi connectivity index (χ4v) is 2.72. The van der Waals surface area contributed by atoms with Gasteiger partial charge in [0.15, 0.2) is 0 Å². The molecule has 0 N–H and O–H groups in total. The Labute approximate surface area is 128 Å². The number of hydrogen-bond donors (Lipinski definition) is 0. The van der Waals surface area contributed by atoms with Gasteiger partial charge in [0.1, 0.15) is 6.33 Å². The summed E-state index contributed by atoms with van der Waals surface area (Å²) in [4.78, 5) is 18.9. The molecule has 2 aromatic rings. The number of anilines is 1. The fourth-order valence-electron chi connectivity index (χ4n) is 2.57. The van der Waals surface area contributed by atoms with Crippen molar-refractivity contribution in [1.82, 2.24) is 24.5 Å². The maximum Gasteiger partial charge on any atom is 0.241 e. The van der Waals surface area contributed by atoms with E-state index in [2.05, 4.69) is 38.7 Å². The molecule has 0 radical (unpaired) electrons. The van der Waals surface area contributed by atoms with E-state index in [1.807, 2.05) is 6.92 Å². The van der Waals surface area contributed by atoms with Crippen molar-refractivity contribution < 1.29 is 4.74 Å². The lowest BCUT2D eigenvalue weighted by Gasteiger charge is -2.41. The van der Waals surface area contributed by atoms with Crippen LogP contribution in [0.2, 0.25) is 5.28 Å². The molecule has 0 amide bonds. The first-order valence-electron chi connectivity index (χ1n) is 6.76. The zero-order valence-electron chi connectivity index (χ0n) is 12.2. The van der Waals surface area contributed by atoms with Gasteiger partial charge in [-0.2, -0.15) is 15.0 Å². The average Bonchev–Trinajstić information content (AvgIpc) is 2.89. The van der Waals surface area contributed by atoms with Gasteiger partial charge < -0.3 is 9.64 Å². The average molecular weight is 309 g/mol. The number of rotatable bonds is 2. The van der Waals surface area contributed by atoms with Crippen LogP contribution in [-0.4, -0.2) is 49.3 Å². The number of hydrogen-bond acceptors (Lipinski definition) is 6. The van der Waals surface area contributed by atoms with Crippen molar-refractivity contribution in [3.63, 3.8) is 0 Å². The van der Waals surface area contributed by atoms with Crippen molar-refractivity contribution in [1.29, 1.82) is 0 Å². The molecule has 0 saturated carbocycles. The molecule has 21 heavy (non-hydrogen) atoms. The van der Waals surface area contributed by atoms with E-state index < -0.39 is 0 Å². The molecule has 1 aliphatic rings. The van der Waals surface area contributed by atoms with Crippen LogP contribution in [0.5, 0.6) is 0 Å². The Morgan fingerprint density at radius 1 is 1.29 bits per heavy atom. The molecule has 3 heterocycles. The first-order valence-corrected chi connectivity index (χ1v) is 7.13. The quantitative estimate of drug-likeness (QED) is 0.841. The van der Waals surface area contributed by atoms with Gasteiger partial charge in [-0.15, -0.1) is 0 Å². The van der Waals surface area contributed by atoms with Crippen LogP contribution >= 0.6 is 11.6 Å². The van der Waals surface area contributed by atoms with E-state index in [-0.39, 0.29) is 17.0 Å². The second-order valence-electron chi connectivity index (χ2n) is 5.74. The summed E-state index contributed by atoms with van der Waals surface area (Å²) in [6.45, 7) is 7.55. The van der Waals surface area contributed by atoms with Crippen LogP contribution in [0.25, 0.3) is 5.95 Å². The summed E-state index contributed by atoms with van der Waals surface area (Å²) in [5.74, 6) is 1.02. The van der Waals surface area contributed by atoms with E-state index in [0.717, 1.165) is 0 Å². The third kappa shape index (κ3) is 3.14. The molecule has 1 unspecified atom stereocenters. The maximum atomic E-state index is 6.04. The van der Waals surface area contributed by atoms with Gasteiger partial charge in [0.25, 0.3) is 0 Å². The zero-order chi connectivity index (χ0) is 15.0. The number of imidazole rings is 1. The molecule has 0 bridgehead atoms. The number of morpholine rings is 1. The lowest BCUT2D eigenvalue weighted by atomic mass is 10.1. The standard InChI is InChI=1S/C13H17ClN6O/c1-9-6-20(7-13(2,3)21-9)12-17-10(14)16-11(18-12)19-5-4-15-8-19/h4-5,8-9H,6-7H2,1-3H3. The Hall–Kier alpha value is -1.73. The van der Waals surface area contributed by atoms with Crippen LogP contribution in [0, 0.1) is 0 Å². The topological polar surface area (TPSA) is 69.0 Å². The van der Waals surface area contributed by atoms with Gasteiger partial charge in [0.05, 0.1) is 11.7 Å². The predicted molar refractivity (Wildman–Crippen MR) is 78.8 cm³/mol. The van der Waals surface area contributed by atoms with Crippen molar-refractivity contribution in [2.75, 3.05) is 18.0 Å². The van der Waals surface area contributed by atoms with Gasteiger partial charge in [-0.1, -0.05) is 0 Å². The normalized spacial score (nSPS) is 21.5. The van der Waals surface area contributed by atoms with Gasteiger partial charge in [0.2, 0.25) is 17.2 Å². The second-order valence-corrected chi connectivity index (χ2v) is 6.08. The molecule has 0 spiro atoms. The Bertz CT molecular complexity index is 630. The molecule has 1 saturated heterocycles. The van der Waals surface area contributed by atoms with Crippen LogP contribution < -0.4 is 4.90 Å². The van der Waals surface area contributed by atoms with Gasteiger partial charge in [0, 0.05) is 25.5 Å². The minimum Gasteiger partial charge on any atom is -0.369 e. The molecule has 1 fully saturated rings. The minimum absolute atomic E-state index is 0.0981. The Kier molecular flexibility index (Phi) is 3.54. The van der Waals surface area contributed by atoms with Crippen LogP contribution in [-0.2, 0) is 4.74 Å². The molecular weight excluding hydrogens is 292 g/mol. The van der Waals surface area contributed by atoms with Gasteiger partial charge >= 0.3 is 0 Å². The van der Waals surface area contributed by atoms with E-state index in [0.29, 0.717) is 25.0 Å². The summed E-state index contributed by atoms with van der Waals surface area (Å²) in [5.41, 5.74) is -0.258. The maximum absolute atomic E-state index is 6.04. The molecular formula is C13H17ClN6O. The van der Waals surface area contributed by atoms with Crippen LogP contribution in [0.15, 0.2) is 18.7 Å². The lowest BCUT2D eigenvalue weighted by Crippen LogP contribution is -2.52.